The molecule has 0 atom stereocenters. The molecule has 29 heavy (non-hydrogen) atoms. The Hall–Kier alpha value is -3.32. The molecule has 0 radical (unpaired) electrons. The van der Waals surface area contributed by atoms with Gasteiger partial charge in [-0.2, -0.15) is 18.4 Å². The minimum absolute atomic E-state index is 0.0518. The summed E-state index contributed by atoms with van der Waals surface area (Å²) in [5, 5.41) is 11.2. The molecule has 1 heterocycles. The average Bonchev–Trinajstić information content (AvgIpc) is 3.07. The number of anilines is 1. The van der Waals surface area contributed by atoms with Crippen LogP contribution >= 0.6 is 11.3 Å². The van der Waals surface area contributed by atoms with Crippen molar-refractivity contribution in [3.63, 3.8) is 0 Å². The van der Waals surface area contributed by atoms with Gasteiger partial charge in [0.15, 0.2) is 5.13 Å². The number of benzene rings is 2. The molecular formula is C19H10F5N3OS. The third kappa shape index (κ3) is 4.75. The molecule has 0 fully saturated rings. The largest absolute Gasteiger partial charge is 0.416 e. The second-order valence-corrected chi connectivity index (χ2v) is 6.98. The summed E-state index contributed by atoms with van der Waals surface area (Å²) in [6.07, 6.45) is -3.47. The van der Waals surface area contributed by atoms with Crippen LogP contribution in [0.1, 0.15) is 31.9 Å². The molecule has 148 valence electrons. The Bertz CT molecular complexity index is 1120. The minimum Gasteiger partial charge on any atom is -0.298 e. The second kappa shape index (κ2) is 7.97. The Morgan fingerprint density at radius 1 is 1.17 bits per heavy atom. The van der Waals surface area contributed by atoms with Crippen LogP contribution in [-0.4, -0.2) is 10.9 Å². The Kier molecular flexibility index (Phi) is 5.61. The van der Waals surface area contributed by atoms with Crippen LogP contribution in [0, 0.1) is 23.0 Å². The molecule has 1 aromatic heterocycles. The van der Waals surface area contributed by atoms with Crippen molar-refractivity contribution in [3.8, 4) is 6.07 Å². The highest BCUT2D eigenvalue weighted by molar-refractivity contribution is 7.15. The fourth-order valence-electron chi connectivity index (χ4n) is 2.54. The van der Waals surface area contributed by atoms with Gasteiger partial charge in [-0.1, -0.05) is 6.07 Å². The Balaban J connectivity index is 1.79. The van der Waals surface area contributed by atoms with E-state index in [0.717, 1.165) is 29.5 Å². The molecule has 10 heteroatoms. The average molecular weight is 423 g/mol. The highest BCUT2D eigenvalue weighted by Crippen LogP contribution is 2.34. The van der Waals surface area contributed by atoms with E-state index in [9.17, 15) is 26.7 Å². The summed E-state index contributed by atoms with van der Waals surface area (Å²) < 4.78 is 66.4. The highest BCUT2D eigenvalue weighted by atomic mass is 32.1. The van der Waals surface area contributed by atoms with E-state index in [0.29, 0.717) is 10.9 Å². The van der Waals surface area contributed by atoms with Crippen LogP contribution in [0.3, 0.4) is 0 Å². The molecule has 0 saturated heterocycles. The number of carbonyl (C=O) groups excluding carboxylic acids is 1. The monoisotopic (exact) mass is 423 g/mol. The fourth-order valence-corrected chi connectivity index (χ4v) is 3.37. The third-order valence-corrected chi connectivity index (χ3v) is 4.77. The zero-order chi connectivity index (χ0) is 21.2. The zero-order valence-corrected chi connectivity index (χ0v) is 15.2. The Morgan fingerprint density at radius 3 is 2.59 bits per heavy atom. The van der Waals surface area contributed by atoms with Crippen LogP contribution in [0.15, 0.2) is 42.6 Å². The van der Waals surface area contributed by atoms with E-state index in [1.807, 2.05) is 0 Å². The summed E-state index contributed by atoms with van der Waals surface area (Å²) in [5.41, 5.74) is -1.49. The van der Waals surface area contributed by atoms with Gasteiger partial charge in [-0.15, -0.1) is 11.3 Å². The molecule has 3 rings (SSSR count). The van der Waals surface area contributed by atoms with Crippen molar-refractivity contribution in [3.05, 3.63) is 81.4 Å². The number of nitrogens with one attached hydrogen (secondary N) is 1. The van der Waals surface area contributed by atoms with Gasteiger partial charge in [-0.25, -0.2) is 13.8 Å². The number of rotatable bonds is 4. The molecule has 0 aliphatic rings. The number of thiazole rings is 1. The number of amides is 1. The van der Waals surface area contributed by atoms with Gasteiger partial charge >= 0.3 is 6.18 Å². The molecule has 3 aromatic rings. The molecule has 1 N–H and O–H groups in total. The number of hydrogen-bond acceptors (Lipinski definition) is 4. The van der Waals surface area contributed by atoms with Crippen LogP contribution < -0.4 is 5.32 Å². The quantitative estimate of drug-likeness (QED) is 0.590. The van der Waals surface area contributed by atoms with Crippen LogP contribution in [0.4, 0.5) is 27.1 Å². The summed E-state index contributed by atoms with van der Waals surface area (Å²) in [6.45, 7) is 0. The van der Waals surface area contributed by atoms with Crippen molar-refractivity contribution in [1.29, 1.82) is 5.26 Å². The van der Waals surface area contributed by atoms with Gasteiger partial charge in [0.2, 0.25) is 0 Å². The Morgan fingerprint density at radius 2 is 1.93 bits per heavy atom. The molecule has 0 aliphatic heterocycles. The van der Waals surface area contributed by atoms with Crippen molar-refractivity contribution in [1.82, 2.24) is 4.98 Å². The first-order valence-electron chi connectivity index (χ1n) is 7.98. The van der Waals surface area contributed by atoms with Gasteiger partial charge in [-0.05, 0) is 29.8 Å². The van der Waals surface area contributed by atoms with Crippen molar-refractivity contribution < 1.29 is 26.7 Å². The summed E-state index contributed by atoms with van der Waals surface area (Å²) >= 11 is 0.917. The van der Waals surface area contributed by atoms with Gasteiger partial charge in [0, 0.05) is 23.6 Å². The zero-order valence-electron chi connectivity index (χ0n) is 14.3. The summed E-state index contributed by atoms with van der Waals surface area (Å²) in [5.74, 6) is -2.75. The summed E-state index contributed by atoms with van der Waals surface area (Å²) in [4.78, 5) is 16.4. The maximum Gasteiger partial charge on any atom is 0.416 e. The van der Waals surface area contributed by atoms with E-state index in [4.69, 9.17) is 5.26 Å². The molecule has 1 amide bonds. The molecule has 0 saturated carbocycles. The third-order valence-electron chi connectivity index (χ3n) is 3.86. The van der Waals surface area contributed by atoms with E-state index in [-0.39, 0.29) is 22.7 Å². The minimum atomic E-state index is -4.63. The van der Waals surface area contributed by atoms with Crippen LogP contribution in [-0.2, 0) is 12.6 Å². The van der Waals surface area contributed by atoms with Gasteiger partial charge in [0.1, 0.15) is 11.6 Å². The van der Waals surface area contributed by atoms with Gasteiger partial charge < -0.3 is 0 Å². The van der Waals surface area contributed by atoms with Gasteiger partial charge in [0.25, 0.3) is 5.91 Å². The lowest BCUT2D eigenvalue weighted by molar-refractivity contribution is -0.138. The lowest BCUT2D eigenvalue weighted by atomic mass is 10.0. The fraction of sp³-hybridized carbons (Fsp3) is 0.105. The van der Waals surface area contributed by atoms with Crippen LogP contribution in [0.25, 0.3) is 0 Å². The molecule has 4 nitrogen and oxygen atoms in total. The number of alkyl halides is 3. The van der Waals surface area contributed by atoms with Crippen LogP contribution in [0.5, 0.6) is 0 Å². The molecule has 0 aliphatic carbocycles. The van der Waals surface area contributed by atoms with Crippen molar-refractivity contribution in [2.24, 2.45) is 0 Å². The summed E-state index contributed by atoms with van der Waals surface area (Å²) in [7, 11) is 0. The topological polar surface area (TPSA) is 65.8 Å². The van der Waals surface area contributed by atoms with E-state index in [2.05, 4.69) is 10.3 Å². The number of nitriles is 1. The number of aromatic nitrogens is 1. The molecule has 0 unspecified atom stereocenters. The number of halogens is 5. The molecule has 0 spiro atoms. The lowest BCUT2D eigenvalue weighted by Crippen LogP contribution is -2.13. The smallest absolute Gasteiger partial charge is 0.298 e. The summed E-state index contributed by atoms with van der Waals surface area (Å²) in [6, 6.07) is 7.40. The number of nitrogens with zero attached hydrogens (tertiary/aromatic N) is 2. The predicted molar refractivity (Wildman–Crippen MR) is 95.4 cm³/mol. The highest BCUT2D eigenvalue weighted by Gasteiger charge is 2.33. The van der Waals surface area contributed by atoms with Crippen molar-refractivity contribution in [2.75, 3.05) is 5.32 Å². The first-order valence-corrected chi connectivity index (χ1v) is 8.80. The van der Waals surface area contributed by atoms with Crippen molar-refractivity contribution >= 4 is 22.4 Å². The van der Waals surface area contributed by atoms with E-state index >= 15 is 0 Å². The maximum atomic E-state index is 13.7. The van der Waals surface area contributed by atoms with Gasteiger partial charge in [-0.3, -0.25) is 10.1 Å². The normalized spacial score (nSPS) is 11.2. The number of hydrogen-bond donors (Lipinski definition) is 1. The van der Waals surface area contributed by atoms with E-state index in [1.165, 1.54) is 18.3 Å². The predicted octanol–water partition coefficient (Wildman–Crippen LogP) is 5.15. The SMILES string of the molecule is N#Cc1ccc(Cc2cnc(NC(=O)c3ccc(F)cc3F)s2)c(C(F)(F)F)c1. The van der Waals surface area contributed by atoms with E-state index in [1.54, 1.807) is 6.07 Å². The van der Waals surface area contributed by atoms with Gasteiger partial charge in [0.05, 0.1) is 22.8 Å². The molecule has 2 aromatic carbocycles. The van der Waals surface area contributed by atoms with E-state index < -0.39 is 34.8 Å². The Labute approximate surface area is 165 Å². The van der Waals surface area contributed by atoms with Crippen LogP contribution in [0.2, 0.25) is 0 Å². The lowest BCUT2D eigenvalue weighted by Gasteiger charge is -2.12. The second-order valence-electron chi connectivity index (χ2n) is 5.87. The first kappa shape index (κ1) is 20.4. The molecule has 0 bridgehead atoms. The first-order chi connectivity index (χ1) is 13.7. The van der Waals surface area contributed by atoms with Crippen molar-refractivity contribution in [2.45, 2.75) is 12.6 Å². The maximum absolute atomic E-state index is 13.7. The number of carbonyl (C=O) groups is 1. The standard InChI is InChI=1S/C19H10F5N3OS/c20-12-3-4-14(16(21)7-12)17(28)27-18-26-9-13(29-18)6-11-2-1-10(8-25)5-15(11)19(22,23)24/h1-5,7,9H,6H2,(H,26,27,28). The molecular weight excluding hydrogens is 413 g/mol.